The van der Waals surface area contributed by atoms with Gasteiger partial charge in [-0.3, -0.25) is 4.98 Å². The van der Waals surface area contributed by atoms with Gasteiger partial charge < -0.3 is 24.8 Å². The predicted molar refractivity (Wildman–Crippen MR) is 161 cm³/mol. The van der Waals surface area contributed by atoms with E-state index in [1.54, 1.807) is 12.3 Å². The van der Waals surface area contributed by atoms with E-state index in [0.29, 0.717) is 23.8 Å². The van der Waals surface area contributed by atoms with Crippen molar-refractivity contribution >= 4 is 23.3 Å². The molecule has 0 radical (unpaired) electrons. The summed E-state index contributed by atoms with van der Waals surface area (Å²) < 4.78 is 11.7. The maximum Gasteiger partial charge on any atom is 0.412 e. The van der Waals surface area contributed by atoms with Crippen molar-refractivity contribution < 1.29 is 19.4 Å². The SMILES string of the molecule is CC(C)NC(=O)Oc1ccc2c(c1)/C(=C/CCN1CCC(O)(c3ccc(Cl)cc3)C(C)(C)C1)c1cccnc1CO2. The Bertz CT molecular complexity index is 1440. The smallest absolute Gasteiger partial charge is 0.412 e. The van der Waals surface area contributed by atoms with Crippen LogP contribution in [0.1, 0.15) is 62.9 Å². The van der Waals surface area contributed by atoms with Crippen LogP contribution in [-0.2, 0) is 12.2 Å². The summed E-state index contributed by atoms with van der Waals surface area (Å²) >= 11 is 6.10. The first kappa shape index (κ1) is 29.1. The second-order valence-corrected chi connectivity index (χ2v) is 12.3. The van der Waals surface area contributed by atoms with E-state index in [9.17, 15) is 9.90 Å². The number of pyridine rings is 1. The molecule has 2 N–H and O–H groups in total. The molecule has 0 saturated carbocycles. The minimum Gasteiger partial charge on any atom is -0.487 e. The van der Waals surface area contributed by atoms with Crippen molar-refractivity contribution in [1.29, 1.82) is 0 Å². The van der Waals surface area contributed by atoms with E-state index in [0.717, 1.165) is 59.8 Å². The number of nitrogens with one attached hydrogen (secondary N) is 1. The molecule has 8 heteroatoms. The van der Waals surface area contributed by atoms with Crippen LogP contribution in [0.2, 0.25) is 5.02 Å². The van der Waals surface area contributed by atoms with Crippen LogP contribution in [0.25, 0.3) is 5.57 Å². The number of hydrogen-bond donors (Lipinski definition) is 2. The van der Waals surface area contributed by atoms with Gasteiger partial charge >= 0.3 is 6.09 Å². The van der Waals surface area contributed by atoms with Gasteiger partial charge in [0, 0.05) is 53.4 Å². The van der Waals surface area contributed by atoms with Crippen molar-refractivity contribution in [3.05, 3.63) is 94.3 Å². The van der Waals surface area contributed by atoms with Gasteiger partial charge in [-0.25, -0.2) is 4.79 Å². The van der Waals surface area contributed by atoms with Crippen molar-refractivity contribution in [3.63, 3.8) is 0 Å². The number of likely N-dealkylation sites (tertiary alicyclic amines) is 1. The molecule has 5 rings (SSSR count). The van der Waals surface area contributed by atoms with Crippen LogP contribution in [-0.4, -0.2) is 46.8 Å². The Balaban J connectivity index is 1.36. The molecule has 1 saturated heterocycles. The zero-order chi connectivity index (χ0) is 29.2. The van der Waals surface area contributed by atoms with Crippen molar-refractivity contribution in [2.75, 3.05) is 19.6 Å². The minimum absolute atomic E-state index is 0.0259. The number of fused-ring (bicyclic) bond motifs is 2. The van der Waals surface area contributed by atoms with Gasteiger partial charge in [-0.2, -0.15) is 0 Å². The summed E-state index contributed by atoms with van der Waals surface area (Å²) in [4.78, 5) is 19.3. The number of aromatic nitrogens is 1. The second-order valence-electron chi connectivity index (χ2n) is 11.8. The summed E-state index contributed by atoms with van der Waals surface area (Å²) in [5, 5.41) is 15.2. The molecule has 41 heavy (non-hydrogen) atoms. The molecule has 1 aromatic heterocycles. The lowest BCUT2D eigenvalue weighted by Crippen LogP contribution is -2.55. The Morgan fingerprint density at radius 1 is 1.20 bits per heavy atom. The van der Waals surface area contributed by atoms with Gasteiger partial charge in [0.15, 0.2) is 0 Å². The fourth-order valence-electron chi connectivity index (χ4n) is 5.86. The van der Waals surface area contributed by atoms with Crippen LogP contribution < -0.4 is 14.8 Å². The lowest BCUT2D eigenvalue weighted by molar-refractivity contribution is -0.125. The molecular weight excluding hydrogens is 538 g/mol. The Morgan fingerprint density at radius 2 is 1.98 bits per heavy atom. The number of rotatable bonds is 6. The summed E-state index contributed by atoms with van der Waals surface area (Å²) in [7, 11) is 0. The lowest BCUT2D eigenvalue weighted by Gasteiger charge is -2.50. The highest BCUT2D eigenvalue weighted by atomic mass is 35.5. The number of amides is 1. The Labute approximate surface area is 247 Å². The lowest BCUT2D eigenvalue weighted by atomic mass is 9.66. The van der Waals surface area contributed by atoms with Gasteiger partial charge in [0.1, 0.15) is 18.1 Å². The fraction of sp³-hybridized carbons (Fsp3) is 0.394. The van der Waals surface area contributed by atoms with Crippen molar-refractivity contribution in [1.82, 2.24) is 15.2 Å². The predicted octanol–water partition coefficient (Wildman–Crippen LogP) is 6.57. The molecule has 1 amide bonds. The summed E-state index contributed by atoms with van der Waals surface area (Å²) in [6.45, 7) is 10.8. The van der Waals surface area contributed by atoms with E-state index in [4.69, 9.17) is 21.1 Å². The molecule has 2 aliphatic heterocycles. The molecule has 1 fully saturated rings. The van der Waals surface area contributed by atoms with Crippen LogP contribution in [0, 0.1) is 5.41 Å². The molecule has 2 aliphatic rings. The van der Waals surface area contributed by atoms with E-state index in [-0.39, 0.29) is 11.5 Å². The zero-order valence-corrected chi connectivity index (χ0v) is 24.9. The number of benzene rings is 2. The van der Waals surface area contributed by atoms with E-state index in [1.165, 1.54) is 0 Å². The Kier molecular flexibility index (Phi) is 8.41. The normalized spacial score (nSPS) is 21.0. The number of hydrogen-bond acceptors (Lipinski definition) is 6. The van der Waals surface area contributed by atoms with E-state index in [1.807, 2.05) is 56.3 Å². The number of nitrogens with zero attached hydrogens (tertiary/aromatic N) is 2. The molecule has 0 aliphatic carbocycles. The van der Waals surface area contributed by atoms with Gasteiger partial charge in [0.05, 0.1) is 11.3 Å². The highest BCUT2D eigenvalue weighted by Crippen LogP contribution is 2.46. The first-order chi connectivity index (χ1) is 19.6. The summed E-state index contributed by atoms with van der Waals surface area (Å²) in [5.41, 5.74) is 3.37. The average Bonchev–Trinajstić information content (AvgIpc) is 3.07. The van der Waals surface area contributed by atoms with Crippen molar-refractivity contribution in [3.8, 4) is 11.5 Å². The van der Waals surface area contributed by atoms with Gasteiger partial charge in [0.2, 0.25) is 0 Å². The largest absolute Gasteiger partial charge is 0.487 e. The molecule has 7 nitrogen and oxygen atoms in total. The number of carbonyl (C=O) groups is 1. The maximum atomic E-state index is 12.3. The average molecular weight is 576 g/mol. The monoisotopic (exact) mass is 575 g/mol. The third-order valence-electron chi connectivity index (χ3n) is 8.05. The Hall–Kier alpha value is -3.39. The van der Waals surface area contributed by atoms with Crippen LogP contribution in [0.4, 0.5) is 4.79 Å². The van der Waals surface area contributed by atoms with Gasteiger partial charge in [-0.15, -0.1) is 0 Å². The molecule has 0 bridgehead atoms. The maximum absolute atomic E-state index is 12.3. The number of aliphatic hydroxyl groups is 1. The molecular formula is C33H38ClN3O4. The summed E-state index contributed by atoms with van der Waals surface area (Å²) in [6.07, 6.45) is 4.93. The third kappa shape index (κ3) is 6.27. The number of halogens is 1. The van der Waals surface area contributed by atoms with Crippen LogP contribution >= 0.6 is 11.6 Å². The molecule has 216 valence electrons. The van der Waals surface area contributed by atoms with Gasteiger partial charge in [-0.1, -0.05) is 49.7 Å². The topological polar surface area (TPSA) is 83.9 Å². The van der Waals surface area contributed by atoms with E-state index in [2.05, 4.69) is 41.2 Å². The molecule has 3 aromatic rings. The quantitative estimate of drug-likeness (QED) is 0.346. The van der Waals surface area contributed by atoms with Crippen molar-refractivity contribution in [2.45, 2.75) is 58.8 Å². The summed E-state index contributed by atoms with van der Waals surface area (Å²) in [5.74, 6) is 1.17. The fourth-order valence-corrected chi connectivity index (χ4v) is 5.99. The van der Waals surface area contributed by atoms with Crippen LogP contribution in [0.3, 0.4) is 0 Å². The van der Waals surface area contributed by atoms with E-state index >= 15 is 0 Å². The van der Waals surface area contributed by atoms with Gasteiger partial charge in [-0.05, 0) is 74.2 Å². The first-order valence-electron chi connectivity index (χ1n) is 14.2. The first-order valence-corrected chi connectivity index (χ1v) is 14.5. The van der Waals surface area contributed by atoms with Crippen LogP contribution in [0.5, 0.6) is 11.5 Å². The van der Waals surface area contributed by atoms with Crippen molar-refractivity contribution in [2.24, 2.45) is 5.41 Å². The van der Waals surface area contributed by atoms with Crippen LogP contribution in [0.15, 0.2) is 66.9 Å². The van der Waals surface area contributed by atoms with Gasteiger partial charge in [0.25, 0.3) is 0 Å². The highest BCUT2D eigenvalue weighted by molar-refractivity contribution is 6.30. The molecule has 1 atom stereocenters. The third-order valence-corrected chi connectivity index (χ3v) is 8.30. The number of piperidine rings is 1. The Morgan fingerprint density at radius 3 is 2.71 bits per heavy atom. The highest BCUT2D eigenvalue weighted by Gasteiger charge is 2.48. The standard InChI is InChI=1S/C33H38ClN3O4/c1-22(2)36-31(38)41-25-13-14-30-28(19-25)26(27-7-5-16-35-29(27)20-40-30)8-6-17-37-18-15-33(39,32(3,4)21-37)23-9-11-24(34)12-10-23/h5,7-14,16,19,22,39H,6,15,17-18,20-21H2,1-4H3,(H,36,38)/b26-8+. The summed E-state index contributed by atoms with van der Waals surface area (Å²) in [6, 6.07) is 17.0. The molecule has 0 spiro atoms. The molecule has 2 aromatic carbocycles. The molecule has 3 heterocycles. The zero-order valence-electron chi connectivity index (χ0n) is 24.1. The second kappa shape index (κ2) is 11.8. The molecule has 1 unspecified atom stereocenters. The number of ether oxygens (including phenoxy) is 2. The van der Waals surface area contributed by atoms with E-state index < -0.39 is 11.7 Å². The number of carbonyl (C=O) groups excluding carboxylic acids is 1. The minimum atomic E-state index is -0.924.